The van der Waals surface area contributed by atoms with E-state index < -0.39 is 11.9 Å². The summed E-state index contributed by atoms with van der Waals surface area (Å²) in [6.45, 7) is 4.85. The van der Waals surface area contributed by atoms with Gasteiger partial charge in [0, 0.05) is 18.7 Å². The van der Waals surface area contributed by atoms with Crippen LogP contribution in [0.5, 0.6) is 0 Å². The predicted molar refractivity (Wildman–Crippen MR) is 71.9 cm³/mol. The van der Waals surface area contributed by atoms with E-state index in [0.717, 1.165) is 25.3 Å². The van der Waals surface area contributed by atoms with E-state index >= 15 is 0 Å². The largest absolute Gasteiger partial charge is 0.433 e. The lowest BCUT2D eigenvalue weighted by molar-refractivity contribution is -0.141. The lowest BCUT2D eigenvalue weighted by Gasteiger charge is -2.25. The van der Waals surface area contributed by atoms with Crippen molar-refractivity contribution in [1.29, 1.82) is 0 Å². The Bertz CT molecular complexity index is 472. The highest BCUT2D eigenvalue weighted by Crippen LogP contribution is 2.35. The number of aromatic nitrogens is 2. The molecule has 7 heteroatoms. The maximum Gasteiger partial charge on any atom is 0.433 e. The molecule has 0 bridgehead atoms. The molecule has 0 unspecified atom stereocenters. The molecule has 0 atom stereocenters. The molecule has 1 aliphatic carbocycles. The molecule has 20 heavy (non-hydrogen) atoms. The first-order valence-electron chi connectivity index (χ1n) is 6.66. The Hall–Kier alpha value is -1.04. The molecule has 0 amide bonds. The summed E-state index contributed by atoms with van der Waals surface area (Å²) >= 11 is 5.64. The fraction of sp³-hybridized carbons (Fsp3) is 0.692. The van der Waals surface area contributed by atoms with Gasteiger partial charge in [-0.3, -0.25) is 0 Å². The maximum atomic E-state index is 12.8. The van der Waals surface area contributed by atoms with Gasteiger partial charge in [-0.15, -0.1) is 0 Å². The predicted octanol–water partition coefficient (Wildman–Crippen LogP) is 4.16. The first-order valence-corrected chi connectivity index (χ1v) is 7.03. The Balaban J connectivity index is 2.26. The van der Waals surface area contributed by atoms with Gasteiger partial charge in [0.15, 0.2) is 5.69 Å². The summed E-state index contributed by atoms with van der Waals surface area (Å²) in [5.74, 6) is 0.760. The van der Waals surface area contributed by atoms with Gasteiger partial charge in [0.1, 0.15) is 5.82 Å². The Morgan fingerprint density at radius 2 is 2.00 bits per heavy atom. The first kappa shape index (κ1) is 15.4. The van der Waals surface area contributed by atoms with E-state index in [1.54, 1.807) is 0 Å². The van der Waals surface area contributed by atoms with Crippen molar-refractivity contribution in [3.8, 4) is 0 Å². The zero-order valence-electron chi connectivity index (χ0n) is 11.4. The number of halogens is 4. The number of anilines is 1. The number of rotatable bonds is 5. The summed E-state index contributed by atoms with van der Waals surface area (Å²) < 4.78 is 38.3. The van der Waals surface area contributed by atoms with Crippen LogP contribution in [-0.4, -0.2) is 22.6 Å². The van der Waals surface area contributed by atoms with Crippen LogP contribution in [0, 0.1) is 5.92 Å². The van der Waals surface area contributed by atoms with Crippen molar-refractivity contribution < 1.29 is 13.2 Å². The van der Waals surface area contributed by atoms with Gasteiger partial charge in [-0.25, -0.2) is 9.97 Å². The van der Waals surface area contributed by atoms with E-state index in [-0.39, 0.29) is 17.1 Å². The molecule has 1 heterocycles. The third-order valence-electron chi connectivity index (χ3n) is 3.21. The highest BCUT2D eigenvalue weighted by Gasteiger charge is 2.36. The fourth-order valence-electron chi connectivity index (χ4n) is 1.97. The molecule has 0 aliphatic heterocycles. The van der Waals surface area contributed by atoms with Crippen molar-refractivity contribution in [2.24, 2.45) is 5.92 Å². The second-order valence-corrected chi connectivity index (χ2v) is 5.82. The van der Waals surface area contributed by atoms with Crippen molar-refractivity contribution in [2.45, 2.75) is 45.3 Å². The lowest BCUT2D eigenvalue weighted by Crippen LogP contribution is -2.29. The fourth-order valence-corrected chi connectivity index (χ4v) is 2.14. The Kier molecular flexibility index (Phi) is 4.42. The van der Waals surface area contributed by atoms with Crippen LogP contribution in [0.15, 0.2) is 6.07 Å². The van der Waals surface area contributed by atoms with Crippen LogP contribution in [0.3, 0.4) is 0 Å². The quantitative estimate of drug-likeness (QED) is 0.765. The van der Waals surface area contributed by atoms with Gasteiger partial charge in [0.25, 0.3) is 0 Å². The molecule has 0 N–H and O–H groups in total. The molecule has 1 aliphatic rings. The Morgan fingerprint density at radius 3 is 2.50 bits per heavy atom. The van der Waals surface area contributed by atoms with Crippen LogP contribution < -0.4 is 4.90 Å². The van der Waals surface area contributed by atoms with Crippen LogP contribution in [0.2, 0.25) is 5.28 Å². The molecule has 0 aromatic carbocycles. The highest BCUT2D eigenvalue weighted by atomic mass is 35.5. The second kappa shape index (κ2) is 5.76. The van der Waals surface area contributed by atoms with Crippen LogP contribution >= 0.6 is 11.6 Å². The summed E-state index contributed by atoms with van der Waals surface area (Å²) in [7, 11) is 0. The van der Waals surface area contributed by atoms with E-state index in [1.165, 1.54) is 0 Å². The molecule has 0 radical (unpaired) electrons. The molecule has 1 saturated carbocycles. The molecule has 1 aromatic heterocycles. The molecule has 1 fully saturated rings. The highest BCUT2D eigenvalue weighted by molar-refractivity contribution is 6.28. The van der Waals surface area contributed by atoms with Gasteiger partial charge < -0.3 is 4.90 Å². The van der Waals surface area contributed by atoms with Gasteiger partial charge >= 0.3 is 6.18 Å². The van der Waals surface area contributed by atoms with Crippen LogP contribution in [0.25, 0.3) is 0 Å². The minimum Gasteiger partial charge on any atom is -0.353 e. The summed E-state index contributed by atoms with van der Waals surface area (Å²) in [6, 6.07) is 1.27. The smallest absolute Gasteiger partial charge is 0.353 e. The molecule has 0 spiro atoms. The van der Waals surface area contributed by atoms with Crippen molar-refractivity contribution in [1.82, 2.24) is 9.97 Å². The van der Waals surface area contributed by atoms with Crippen molar-refractivity contribution in [3.05, 3.63) is 17.0 Å². The molecular weight excluding hydrogens is 291 g/mol. The molecule has 3 nitrogen and oxygen atoms in total. The second-order valence-electron chi connectivity index (χ2n) is 5.49. The van der Waals surface area contributed by atoms with Gasteiger partial charge in [-0.2, -0.15) is 13.2 Å². The maximum absolute atomic E-state index is 12.8. The van der Waals surface area contributed by atoms with Crippen molar-refractivity contribution >= 4 is 17.4 Å². The van der Waals surface area contributed by atoms with E-state index in [1.807, 2.05) is 4.90 Å². The lowest BCUT2D eigenvalue weighted by atomic mass is 10.1. The third-order valence-corrected chi connectivity index (χ3v) is 3.37. The summed E-state index contributed by atoms with van der Waals surface area (Å²) in [5, 5.41) is -0.356. The molecule has 1 aromatic rings. The number of hydrogen-bond acceptors (Lipinski definition) is 3. The third kappa shape index (κ3) is 3.98. The minimum absolute atomic E-state index is 0.278. The van der Waals surface area contributed by atoms with E-state index in [0.29, 0.717) is 12.5 Å². The number of nitrogens with zero attached hydrogens (tertiary/aromatic N) is 3. The average Bonchev–Trinajstić information content (AvgIpc) is 3.11. The van der Waals surface area contributed by atoms with Crippen molar-refractivity contribution in [2.75, 3.05) is 11.4 Å². The average molecular weight is 308 g/mol. The van der Waals surface area contributed by atoms with Crippen LogP contribution in [0.1, 0.15) is 38.8 Å². The van der Waals surface area contributed by atoms with E-state index in [4.69, 9.17) is 11.6 Å². The standard InChI is InChI=1S/C13H17ClF3N3/c1-8(2)5-6-20(9-3-4-9)11-7-10(13(15,16)17)18-12(14)19-11/h7-9H,3-6H2,1-2H3. The van der Waals surface area contributed by atoms with Crippen molar-refractivity contribution in [3.63, 3.8) is 0 Å². The summed E-state index contributed by atoms with van der Waals surface area (Å²) in [4.78, 5) is 9.15. The van der Waals surface area contributed by atoms with Gasteiger partial charge in [-0.05, 0) is 36.8 Å². The van der Waals surface area contributed by atoms with Gasteiger partial charge in [-0.1, -0.05) is 13.8 Å². The molecule has 2 rings (SSSR count). The SMILES string of the molecule is CC(C)CCN(c1cc(C(F)(F)F)nc(Cl)n1)C1CC1. The zero-order chi connectivity index (χ0) is 14.9. The van der Waals surface area contributed by atoms with Crippen LogP contribution in [-0.2, 0) is 6.18 Å². The van der Waals surface area contributed by atoms with E-state index in [9.17, 15) is 13.2 Å². The Labute approximate surface area is 121 Å². The minimum atomic E-state index is -4.51. The monoisotopic (exact) mass is 307 g/mol. The normalized spacial score (nSPS) is 15.8. The van der Waals surface area contributed by atoms with Gasteiger partial charge in [0.2, 0.25) is 5.28 Å². The first-order chi connectivity index (χ1) is 9.27. The van der Waals surface area contributed by atoms with E-state index in [2.05, 4.69) is 23.8 Å². The Morgan fingerprint density at radius 1 is 1.35 bits per heavy atom. The number of hydrogen-bond donors (Lipinski definition) is 0. The molecular formula is C13H17ClF3N3. The number of alkyl halides is 3. The molecule has 112 valence electrons. The molecule has 0 saturated heterocycles. The zero-order valence-corrected chi connectivity index (χ0v) is 12.2. The van der Waals surface area contributed by atoms with Gasteiger partial charge in [0.05, 0.1) is 0 Å². The summed E-state index contributed by atoms with van der Waals surface area (Å²) in [5.41, 5.74) is -0.984. The summed E-state index contributed by atoms with van der Waals surface area (Å²) in [6.07, 6.45) is -1.63. The topological polar surface area (TPSA) is 29.0 Å². The van der Waals surface area contributed by atoms with Crippen LogP contribution in [0.4, 0.5) is 19.0 Å².